The van der Waals surface area contributed by atoms with Gasteiger partial charge < -0.3 is 15.5 Å². The van der Waals surface area contributed by atoms with E-state index in [1.807, 2.05) is 0 Å². The predicted molar refractivity (Wildman–Crippen MR) is 78.4 cm³/mol. The molecule has 0 spiro atoms. The van der Waals surface area contributed by atoms with Crippen LogP contribution in [0.3, 0.4) is 0 Å². The van der Waals surface area contributed by atoms with E-state index in [0.29, 0.717) is 11.9 Å². The Bertz CT molecular complexity index is 599. The first-order valence-electron chi connectivity index (χ1n) is 5.83. The standard InChI is InChI=1S/C12H14ClFN6/c1-15-10-17-11(19-12(18-10)20(2)3)16-9-7(13)5-4-6-8(9)14/h4-6H,1-3H3,(H2,15,16,17,18,19). The average Bonchev–Trinajstić information content (AvgIpc) is 2.42. The summed E-state index contributed by atoms with van der Waals surface area (Å²) in [5, 5.41) is 5.85. The molecule has 8 heteroatoms. The Hall–Kier alpha value is -2.15. The Morgan fingerprint density at radius 1 is 1.15 bits per heavy atom. The Kier molecular flexibility index (Phi) is 4.19. The molecule has 1 aromatic heterocycles. The minimum Gasteiger partial charge on any atom is -0.357 e. The van der Waals surface area contributed by atoms with Crippen LogP contribution in [0.25, 0.3) is 0 Å². The molecule has 0 aliphatic carbocycles. The number of aromatic nitrogens is 3. The highest BCUT2D eigenvalue weighted by atomic mass is 35.5. The number of benzene rings is 1. The molecule has 2 aromatic rings. The second-order valence-electron chi connectivity index (χ2n) is 4.15. The molecule has 2 N–H and O–H groups in total. The first-order valence-corrected chi connectivity index (χ1v) is 6.21. The second-order valence-corrected chi connectivity index (χ2v) is 4.56. The van der Waals surface area contributed by atoms with Crippen molar-refractivity contribution in [1.29, 1.82) is 0 Å². The number of halogens is 2. The van der Waals surface area contributed by atoms with Gasteiger partial charge in [-0.3, -0.25) is 0 Å². The van der Waals surface area contributed by atoms with Crippen LogP contribution in [0.15, 0.2) is 18.2 Å². The lowest BCUT2D eigenvalue weighted by Crippen LogP contribution is -2.16. The van der Waals surface area contributed by atoms with E-state index in [-0.39, 0.29) is 16.7 Å². The van der Waals surface area contributed by atoms with Gasteiger partial charge in [0.05, 0.1) is 10.7 Å². The van der Waals surface area contributed by atoms with E-state index in [9.17, 15) is 4.39 Å². The first-order chi connectivity index (χ1) is 9.51. The molecule has 0 bridgehead atoms. The van der Waals surface area contributed by atoms with Crippen molar-refractivity contribution in [3.05, 3.63) is 29.0 Å². The van der Waals surface area contributed by atoms with Crippen molar-refractivity contribution < 1.29 is 4.39 Å². The highest BCUT2D eigenvalue weighted by Gasteiger charge is 2.11. The van der Waals surface area contributed by atoms with Gasteiger partial charge in [0.2, 0.25) is 17.8 Å². The molecule has 1 heterocycles. The van der Waals surface area contributed by atoms with E-state index in [2.05, 4.69) is 25.6 Å². The van der Waals surface area contributed by atoms with Crippen molar-refractivity contribution in [3.63, 3.8) is 0 Å². The van der Waals surface area contributed by atoms with Crippen LogP contribution in [0.2, 0.25) is 5.02 Å². The van der Waals surface area contributed by atoms with Gasteiger partial charge in [-0.05, 0) is 12.1 Å². The normalized spacial score (nSPS) is 10.2. The number of rotatable bonds is 4. The fourth-order valence-corrected chi connectivity index (χ4v) is 1.67. The topological polar surface area (TPSA) is 66.0 Å². The van der Waals surface area contributed by atoms with Crippen LogP contribution >= 0.6 is 11.6 Å². The van der Waals surface area contributed by atoms with Crippen molar-refractivity contribution in [2.75, 3.05) is 36.7 Å². The minimum absolute atomic E-state index is 0.132. The van der Waals surface area contributed by atoms with Crippen LogP contribution in [-0.4, -0.2) is 36.1 Å². The number of hydrogen-bond acceptors (Lipinski definition) is 6. The zero-order valence-electron chi connectivity index (χ0n) is 11.3. The van der Waals surface area contributed by atoms with E-state index in [1.54, 1.807) is 32.1 Å². The van der Waals surface area contributed by atoms with E-state index in [0.717, 1.165) is 0 Å². The van der Waals surface area contributed by atoms with Gasteiger partial charge in [0, 0.05) is 21.1 Å². The van der Waals surface area contributed by atoms with Gasteiger partial charge in [-0.25, -0.2) is 4.39 Å². The minimum atomic E-state index is -0.477. The summed E-state index contributed by atoms with van der Waals surface area (Å²) < 4.78 is 13.7. The Balaban J connectivity index is 2.40. The summed E-state index contributed by atoms with van der Waals surface area (Å²) in [5.41, 5.74) is 0.132. The van der Waals surface area contributed by atoms with Crippen molar-refractivity contribution in [2.24, 2.45) is 0 Å². The molecule has 0 fully saturated rings. The highest BCUT2D eigenvalue weighted by molar-refractivity contribution is 6.33. The fraction of sp³-hybridized carbons (Fsp3) is 0.250. The quantitative estimate of drug-likeness (QED) is 0.904. The van der Waals surface area contributed by atoms with Gasteiger partial charge in [0.15, 0.2) is 0 Å². The van der Waals surface area contributed by atoms with Crippen LogP contribution < -0.4 is 15.5 Å². The third-order valence-corrected chi connectivity index (χ3v) is 2.76. The molecule has 0 amide bonds. The van der Waals surface area contributed by atoms with E-state index in [1.165, 1.54) is 12.1 Å². The summed E-state index contributed by atoms with van der Waals surface area (Å²) in [7, 11) is 5.29. The highest BCUT2D eigenvalue weighted by Crippen LogP contribution is 2.27. The van der Waals surface area contributed by atoms with Crippen molar-refractivity contribution in [1.82, 2.24) is 15.0 Å². The maximum atomic E-state index is 13.7. The van der Waals surface area contributed by atoms with E-state index < -0.39 is 5.82 Å². The van der Waals surface area contributed by atoms with Crippen molar-refractivity contribution in [3.8, 4) is 0 Å². The molecular weight excluding hydrogens is 283 g/mol. The van der Waals surface area contributed by atoms with Crippen molar-refractivity contribution in [2.45, 2.75) is 0 Å². The molecule has 0 saturated heterocycles. The van der Waals surface area contributed by atoms with Gasteiger partial charge in [0.1, 0.15) is 5.82 Å². The van der Waals surface area contributed by atoms with E-state index >= 15 is 0 Å². The molecule has 0 unspecified atom stereocenters. The molecule has 1 aromatic carbocycles. The number of hydrogen-bond donors (Lipinski definition) is 2. The molecule has 106 valence electrons. The Morgan fingerprint density at radius 2 is 1.85 bits per heavy atom. The van der Waals surface area contributed by atoms with E-state index in [4.69, 9.17) is 11.6 Å². The maximum absolute atomic E-state index is 13.7. The SMILES string of the molecule is CNc1nc(Nc2c(F)cccc2Cl)nc(N(C)C)n1. The molecule has 20 heavy (non-hydrogen) atoms. The van der Waals surface area contributed by atoms with Gasteiger partial charge >= 0.3 is 0 Å². The van der Waals surface area contributed by atoms with Crippen molar-refractivity contribution >= 4 is 35.1 Å². The number of nitrogens with zero attached hydrogens (tertiary/aromatic N) is 4. The second kappa shape index (κ2) is 5.87. The molecule has 0 atom stereocenters. The number of nitrogens with one attached hydrogen (secondary N) is 2. The average molecular weight is 297 g/mol. The monoisotopic (exact) mass is 296 g/mol. The smallest absolute Gasteiger partial charge is 0.233 e. The molecule has 0 aliphatic heterocycles. The third-order valence-electron chi connectivity index (χ3n) is 2.45. The lowest BCUT2D eigenvalue weighted by Gasteiger charge is -2.14. The molecule has 2 rings (SSSR count). The zero-order chi connectivity index (χ0) is 14.7. The molecule has 0 saturated carbocycles. The summed E-state index contributed by atoms with van der Waals surface area (Å²) in [6.45, 7) is 0. The summed E-state index contributed by atoms with van der Waals surface area (Å²) in [5.74, 6) is 0.549. The van der Waals surface area contributed by atoms with Gasteiger partial charge in [0.25, 0.3) is 0 Å². The number of anilines is 4. The summed E-state index contributed by atoms with van der Waals surface area (Å²) in [6.07, 6.45) is 0. The third kappa shape index (κ3) is 3.05. The van der Waals surface area contributed by atoms with Gasteiger partial charge in [-0.2, -0.15) is 15.0 Å². The predicted octanol–water partition coefficient (Wildman–Crippen LogP) is 2.52. The summed E-state index contributed by atoms with van der Waals surface area (Å²) in [6, 6.07) is 4.42. The molecule has 6 nitrogen and oxygen atoms in total. The van der Waals surface area contributed by atoms with Crippen LogP contribution in [-0.2, 0) is 0 Å². The summed E-state index contributed by atoms with van der Waals surface area (Å²) >= 11 is 5.96. The van der Waals surface area contributed by atoms with Gasteiger partial charge in [-0.15, -0.1) is 0 Å². The van der Waals surface area contributed by atoms with Crippen LogP contribution in [0, 0.1) is 5.82 Å². The van der Waals surface area contributed by atoms with Crippen LogP contribution in [0.5, 0.6) is 0 Å². The molecule has 0 radical (unpaired) electrons. The Morgan fingerprint density at radius 3 is 2.45 bits per heavy atom. The first kappa shape index (κ1) is 14.3. The molecular formula is C12H14ClFN6. The van der Waals surface area contributed by atoms with Gasteiger partial charge in [-0.1, -0.05) is 17.7 Å². The molecule has 0 aliphatic rings. The Labute approximate surface area is 121 Å². The lowest BCUT2D eigenvalue weighted by molar-refractivity contribution is 0.631. The zero-order valence-corrected chi connectivity index (χ0v) is 12.0. The maximum Gasteiger partial charge on any atom is 0.233 e. The fourth-order valence-electron chi connectivity index (χ4n) is 1.46. The number of para-hydroxylation sites is 1. The largest absolute Gasteiger partial charge is 0.357 e. The summed E-state index contributed by atoms with van der Waals surface area (Å²) in [4.78, 5) is 14.2. The van der Waals surface area contributed by atoms with Crippen LogP contribution in [0.4, 0.5) is 27.9 Å². The lowest BCUT2D eigenvalue weighted by atomic mass is 10.3. The van der Waals surface area contributed by atoms with Crippen LogP contribution in [0.1, 0.15) is 0 Å².